The third-order valence-corrected chi connectivity index (χ3v) is 1.80. The molecule has 0 unspecified atom stereocenters. The van der Waals surface area contributed by atoms with E-state index in [2.05, 4.69) is 19.1 Å². The van der Waals surface area contributed by atoms with Crippen LogP contribution in [0, 0.1) is 0 Å². The Kier molecular flexibility index (Phi) is 2.69. The summed E-state index contributed by atoms with van der Waals surface area (Å²) in [7, 11) is 0. The number of rotatable bonds is 2. The Morgan fingerprint density at radius 3 is 3.00 bits per heavy atom. The first-order valence-corrected chi connectivity index (χ1v) is 3.80. The number of aliphatic hydroxyl groups excluding tert-OH is 1. The zero-order valence-electron chi connectivity index (χ0n) is 6.43. The van der Waals surface area contributed by atoms with Crippen LogP contribution in [0.2, 0.25) is 0 Å². The van der Waals surface area contributed by atoms with Crippen molar-refractivity contribution in [3.05, 3.63) is 23.3 Å². The van der Waals surface area contributed by atoms with Gasteiger partial charge in [-0.15, -0.1) is 0 Å². The SMILES string of the molecule is CC1=CCCC(CCO)=C1. The van der Waals surface area contributed by atoms with E-state index in [0.29, 0.717) is 6.61 Å². The highest BCUT2D eigenvalue weighted by Crippen LogP contribution is 2.18. The van der Waals surface area contributed by atoms with Gasteiger partial charge in [0.2, 0.25) is 0 Å². The molecule has 0 aromatic heterocycles. The second kappa shape index (κ2) is 3.57. The molecule has 0 spiro atoms. The first-order valence-electron chi connectivity index (χ1n) is 3.80. The van der Waals surface area contributed by atoms with Gasteiger partial charge in [-0.05, 0) is 26.2 Å². The van der Waals surface area contributed by atoms with Crippen LogP contribution in [-0.4, -0.2) is 11.7 Å². The molecule has 0 atom stereocenters. The highest BCUT2D eigenvalue weighted by atomic mass is 16.2. The molecule has 0 heterocycles. The van der Waals surface area contributed by atoms with Crippen LogP contribution < -0.4 is 0 Å². The largest absolute Gasteiger partial charge is 0.396 e. The summed E-state index contributed by atoms with van der Waals surface area (Å²) in [6.45, 7) is 2.40. The van der Waals surface area contributed by atoms with Gasteiger partial charge in [-0.25, -0.2) is 0 Å². The van der Waals surface area contributed by atoms with E-state index in [-0.39, 0.29) is 0 Å². The number of aliphatic hydroxyl groups is 1. The fraction of sp³-hybridized carbons (Fsp3) is 0.556. The molecule has 1 aliphatic rings. The van der Waals surface area contributed by atoms with Gasteiger partial charge in [0.15, 0.2) is 0 Å². The first-order chi connectivity index (χ1) is 4.83. The Balaban J connectivity index is 2.51. The van der Waals surface area contributed by atoms with Crippen molar-refractivity contribution in [3.63, 3.8) is 0 Å². The van der Waals surface area contributed by atoms with Gasteiger partial charge in [0.1, 0.15) is 0 Å². The van der Waals surface area contributed by atoms with E-state index >= 15 is 0 Å². The van der Waals surface area contributed by atoms with Gasteiger partial charge in [0.05, 0.1) is 0 Å². The van der Waals surface area contributed by atoms with Crippen LogP contribution in [0.4, 0.5) is 0 Å². The minimum absolute atomic E-state index is 0.291. The van der Waals surface area contributed by atoms with E-state index in [1.807, 2.05) is 0 Å². The van der Waals surface area contributed by atoms with Crippen molar-refractivity contribution < 1.29 is 5.11 Å². The molecule has 1 heteroatoms. The van der Waals surface area contributed by atoms with Crippen molar-refractivity contribution in [2.75, 3.05) is 6.61 Å². The van der Waals surface area contributed by atoms with E-state index in [9.17, 15) is 0 Å². The van der Waals surface area contributed by atoms with Crippen LogP contribution in [-0.2, 0) is 0 Å². The molecule has 0 radical (unpaired) electrons. The molecule has 0 bridgehead atoms. The number of allylic oxidation sites excluding steroid dienone is 3. The molecular formula is C9H14O. The minimum Gasteiger partial charge on any atom is -0.396 e. The average Bonchev–Trinajstić information content (AvgIpc) is 1.88. The Morgan fingerprint density at radius 2 is 2.40 bits per heavy atom. The second-order valence-corrected chi connectivity index (χ2v) is 2.76. The van der Waals surface area contributed by atoms with Crippen molar-refractivity contribution >= 4 is 0 Å². The van der Waals surface area contributed by atoms with Gasteiger partial charge >= 0.3 is 0 Å². The highest BCUT2D eigenvalue weighted by Gasteiger charge is 2.00. The van der Waals surface area contributed by atoms with Crippen LogP contribution in [0.1, 0.15) is 26.2 Å². The summed E-state index contributed by atoms with van der Waals surface area (Å²) in [5.74, 6) is 0. The van der Waals surface area contributed by atoms with Crippen LogP contribution in [0.5, 0.6) is 0 Å². The standard InChI is InChI=1S/C9H14O/c1-8-3-2-4-9(7-8)5-6-10/h3,7,10H,2,4-6H2,1H3. The molecule has 1 aliphatic carbocycles. The van der Waals surface area contributed by atoms with Crippen LogP contribution in [0.25, 0.3) is 0 Å². The lowest BCUT2D eigenvalue weighted by Gasteiger charge is -2.09. The Morgan fingerprint density at radius 1 is 1.60 bits per heavy atom. The maximum absolute atomic E-state index is 8.64. The Bertz CT molecular complexity index is 166. The van der Waals surface area contributed by atoms with Crippen LogP contribution in [0.15, 0.2) is 23.3 Å². The third-order valence-electron chi connectivity index (χ3n) is 1.80. The summed E-state index contributed by atoms with van der Waals surface area (Å²) in [5, 5.41) is 8.64. The molecule has 0 amide bonds. The molecule has 0 saturated carbocycles. The van der Waals surface area contributed by atoms with E-state index in [4.69, 9.17) is 5.11 Å². The average molecular weight is 138 g/mol. The summed E-state index contributed by atoms with van der Waals surface area (Å²) in [4.78, 5) is 0. The maximum atomic E-state index is 8.64. The summed E-state index contributed by atoms with van der Waals surface area (Å²) >= 11 is 0. The number of hydrogen-bond donors (Lipinski definition) is 1. The quantitative estimate of drug-likeness (QED) is 0.619. The molecule has 1 nitrogen and oxygen atoms in total. The van der Waals surface area contributed by atoms with Gasteiger partial charge in [-0.3, -0.25) is 0 Å². The summed E-state index contributed by atoms with van der Waals surface area (Å²) in [6, 6.07) is 0. The minimum atomic E-state index is 0.291. The van der Waals surface area contributed by atoms with Gasteiger partial charge in [0.25, 0.3) is 0 Å². The topological polar surface area (TPSA) is 20.2 Å². The third kappa shape index (κ3) is 1.99. The molecule has 0 aromatic rings. The van der Waals surface area contributed by atoms with Crippen molar-refractivity contribution in [3.8, 4) is 0 Å². The molecule has 1 rings (SSSR count). The molecule has 10 heavy (non-hydrogen) atoms. The lowest BCUT2D eigenvalue weighted by molar-refractivity contribution is 0.298. The van der Waals surface area contributed by atoms with E-state index in [0.717, 1.165) is 19.3 Å². The number of hydrogen-bond acceptors (Lipinski definition) is 1. The molecule has 56 valence electrons. The normalized spacial score (nSPS) is 18.2. The molecule has 1 N–H and O–H groups in total. The zero-order valence-corrected chi connectivity index (χ0v) is 6.43. The molecular weight excluding hydrogens is 124 g/mol. The molecule has 0 aliphatic heterocycles. The second-order valence-electron chi connectivity index (χ2n) is 2.76. The molecule has 0 saturated heterocycles. The lowest BCUT2D eigenvalue weighted by Crippen LogP contribution is -1.93. The predicted octanol–water partition coefficient (Wildman–Crippen LogP) is 2.04. The van der Waals surface area contributed by atoms with Crippen molar-refractivity contribution in [2.24, 2.45) is 0 Å². The van der Waals surface area contributed by atoms with Crippen molar-refractivity contribution in [1.82, 2.24) is 0 Å². The molecule has 0 fully saturated rings. The lowest BCUT2D eigenvalue weighted by atomic mass is 9.98. The zero-order chi connectivity index (χ0) is 7.40. The Labute approximate surface area is 62.1 Å². The first kappa shape index (κ1) is 7.55. The van der Waals surface area contributed by atoms with Gasteiger partial charge in [0, 0.05) is 6.61 Å². The molecule has 0 aromatic carbocycles. The maximum Gasteiger partial charge on any atom is 0.0468 e. The van der Waals surface area contributed by atoms with E-state index in [1.165, 1.54) is 11.1 Å². The highest BCUT2D eigenvalue weighted by molar-refractivity contribution is 5.25. The van der Waals surface area contributed by atoms with Crippen LogP contribution >= 0.6 is 0 Å². The summed E-state index contributed by atoms with van der Waals surface area (Å²) in [6.07, 6.45) is 7.56. The van der Waals surface area contributed by atoms with Crippen molar-refractivity contribution in [1.29, 1.82) is 0 Å². The monoisotopic (exact) mass is 138 g/mol. The fourth-order valence-electron chi connectivity index (χ4n) is 1.28. The van der Waals surface area contributed by atoms with Gasteiger partial charge < -0.3 is 5.11 Å². The fourth-order valence-corrected chi connectivity index (χ4v) is 1.28. The van der Waals surface area contributed by atoms with Gasteiger partial charge in [-0.2, -0.15) is 0 Å². The Hall–Kier alpha value is -0.560. The van der Waals surface area contributed by atoms with Gasteiger partial charge in [-0.1, -0.05) is 23.3 Å². The van der Waals surface area contributed by atoms with Crippen molar-refractivity contribution in [2.45, 2.75) is 26.2 Å². The van der Waals surface area contributed by atoms with E-state index < -0.39 is 0 Å². The summed E-state index contributed by atoms with van der Waals surface area (Å²) in [5.41, 5.74) is 2.73. The smallest absolute Gasteiger partial charge is 0.0468 e. The van der Waals surface area contributed by atoms with E-state index in [1.54, 1.807) is 0 Å². The van der Waals surface area contributed by atoms with Crippen LogP contribution in [0.3, 0.4) is 0 Å². The predicted molar refractivity (Wildman–Crippen MR) is 42.8 cm³/mol. The summed E-state index contributed by atoms with van der Waals surface area (Å²) < 4.78 is 0.